The van der Waals surface area contributed by atoms with Crippen LogP contribution in [-0.4, -0.2) is 38.4 Å². The molecule has 3 aromatic rings. The lowest BCUT2D eigenvalue weighted by Crippen LogP contribution is -2.26. The van der Waals surface area contributed by atoms with E-state index < -0.39 is 0 Å². The SMILES string of the molecule is CCN(C)C(=O)c1cn2cc(-c3cc(C)oc3C)n(CC3CC3)c(=O)c2n1. The number of imidazole rings is 1. The molecule has 0 aromatic carbocycles. The van der Waals surface area contributed by atoms with Crippen molar-refractivity contribution in [3.8, 4) is 11.3 Å². The summed E-state index contributed by atoms with van der Waals surface area (Å²) in [7, 11) is 1.72. The van der Waals surface area contributed by atoms with Gasteiger partial charge in [0.05, 0.1) is 5.69 Å². The van der Waals surface area contributed by atoms with Crippen molar-refractivity contribution in [3.63, 3.8) is 0 Å². The van der Waals surface area contributed by atoms with E-state index in [1.165, 1.54) is 0 Å². The van der Waals surface area contributed by atoms with Crippen LogP contribution in [0.4, 0.5) is 0 Å². The van der Waals surface area contributed by atoms with Crippen LogP contribution in [0.1, 0.15) is 41.8 Å². The Kier molecular flexibility index (Phi) is 4.17. The number of fused-ring (bicyclic) bond motifs is 1. The summed E-state index contributed by atoms with van der Waals surface area (Å²) in [5.41, 5.74) is 2.10. The molecular weight excluding hydrogens is 344 g/mol. The van der Waals surface area contributed by atoms with Crippen LogP contribution in [0, 0.1) is 19.8 Å². The maximum Gasteiger partial charge on any atom is 0.294 e. The van der Waals surface area contributed by atoms with Gasteiger partial charge in [-0.2, -0.15) is 0 Å². The number of furan rings is 1. The number of carbonyl (C=O) groups excluding carboxylic acids is 1. The molecule has 27 heavy (non-hydrogen) atoms. The summed E-state index contributed by atoms with van der Waals surface area (Å²) in [6.07, 6.45) is 5.80. The van der Waals surface area contributed by atoms with Gasteiger partial charge in [-0.15, -0.1) is 0 Å². The summed E-state index contributed by atoms with van der Waals surface area (Å²) >= 11 is 0. The highest BCUT2D eigenvalue weighted by molar-refractivity contribution is 5.92. The van der Waals surface area contributed by atoms with E-state index in [9.17, 15) is 9.59 Å². The van der Waals surface area contributed by atoms with Gasteiger partial charge in [0.25, 0.3) is 11.5 Å². The first-order chi connectivity index (χ1) is 12.9. The third kappa shape index (κ3) is 3.07. The van der Waals surface area contributed by atoms with Crippen molar-refractivity contribution in [2.24, 2.45) is 5.92 Å². The molecule has 4 rings (SSSR count). The van der Waals surface area contributed by atoms with Gasteiger partial charge in [0, 0.05) is 38.1 Å². The van der Waals surface area contributed by atoms with Gasteiger partial charge in [0.15, 0.2) is 0 Å². The summed E-state index contributed by atoms with van der Waals surface area (Å²) in [5, 5.41) is 0. The van der Waals surface area contributed by atoms with E-state index in [0.717, 1.165) is 35.6 Å². The zero-order chi connectivity index (χ0) is 19.3. The van der Waals surface area contributed by atoms with E-state index in [2.05, 4.69) is 4.98 Å². The van der Waals surface area contributed by atoms with Gasteiger partial charge in [-0.05, 0) is 45.6 Å². The molecule has 7 heteroatoms. The molecule has 0 radical (unpaired) electrons. The molecule has 1 amide bonds. The van der Waals surface area contributed by atoms with E-state index in [4.69, 9.17) is 4.42 Å². The Bertz CT molecular complexity index is 1080. The predicted molar refractivity (Wildman–Crippen MR) is 102 cm³/mol. The maximum absolute atomic E-state index is 13.2. The molecule has 142 valence electrons. The van der Waals surface area contributed by atoms with Crippen molar-refractivity contribution in [2.45, 2.75) is 40.2 Å². The largest absolute Gasteiger partial charge is 0.466 e. The molecule has 0 unspecified atom stereocenters. The van der Waals surface area contributed by atoms with Crippen LogP contribution in [0.3, 0.4) is 0 Å². The highest BCUT2D eigenvalue weighted by atomic mass is 16.3. The Morgan fingerprint density at radius 1 is 1.33 bits per heavy atom. The first-order valence-corrected chi connectivity index (χ1v) is 9.34. The molecule has 0 N–H and O–H groups in total. The van der Waals surface area contributed by atoms with Crippen molar-refractivity contribution in [1.82, 2.24) is 18.9 Å². The van der Waals surface area contributed by atoms with Gasteiger partial charge < -0.3 is 13.9 Å². The fraction of sp³-hybridized carbons (Fsp3) is 0.450. The van der Waals surface area contributed by atoms with Crippen LogP contribution < -0.4 is 5.56 Å². The predicted octanol–water partition coefficient (Wildman–Crippen LogP) is 2.87. The topological polar surface area (TPSA) is 72.8 Å². The minimum Gasteiger partial charge on any atom is -0.466 e. The average Bonchev–Trinajstić information content (AvgIpc) is 3.25. The summed E-state index contributed by atoms with van der Waals surface area (Å²) in [6, 6.07) is 1.95. The normalized spacial score (nSPS) is 14.1. The van der Waals surface area contributed by atoms with Crippen LogP contribution in [-0.2, 0) is 6.54 Å². The van der Waals surface area contributed by atoms with Gasteiger partial charge in [0.2, 0.25) is 5.65 Å². The fourth-order valence-electron chi connectivity index (χ4n) is 3.36. The fourth-order valence-corrected chi connectivity index (χ4v) is 3.36. The van der Waals surface area contributed by atoms with Crippen LogP contribution in [0.5, 0.6) is 0 Å². The quantitative estimate of drug-likeness (QED) is 0.694. The number of rotatable bonds is 5. The standard InChI is InChI=1S/C20H24N4O3/c1-5-22(4)19(25)16-10-23-11-17(15-8-12(2)27-13(15)3)24(9-14-6-7-14)20(26)18(23)21-16/h8,10-11,14H,5-7,9H2,1-4H3. The number of hydrogen-bond acceptors (Lipinski definition) is 4. The lowest BCUT2D eigenvalue weighted by atomic mass is 10.1. The van der Waals surface area contributed by atoms with Gasteiger partial charge in [-0.3, -0.25) is 14.0 Å². The number of amides is 1. The first-order valence-electron chi connectivity index (χ1n) is 9.34. The summed E-state index contributed by atoms with van der Waals surface area (Å²) in [4.78, 5) is 31.6. The molecule has 1 fully saturated rings. The molecule has 0 spiro atoms. The Labute approximate surface area is 157 Å². The average molecular weight is 368 g/mol. The lowest BCUT2D eigenvalue weighted by Gasteiger charge is -2.12. The lowest BCUT2D eigenvalue weighted by molar-refractivity contribution is 0.0797. The van der Waals surface area contributed by atoms with E-state index in [1.807, 2.05) is 33.0 Å². The molecule has 3 heterocycles. The molecule has 0 aliphatic heterocycles. The van der Waals surface area contributed by atoms with E-state index >= 15 is 0 Å². The third-order valence-corrected chi connectivity index (χ3v) is 5.22. The number of hydrogen-bond donors (Lipinski definition) is 0. The molecule has 7 nitrogen and oxygen atoms in total. The van der Waals surface area contributed by atoms with Gasteiger partial charge in [-0.1, -0.05) is 0 Å². The molecule has 0 atom stereocenters. The van der Waals surface area contributed by atoms with Crippen molar-refractivity contribution >= 4 is 11.6 Å². The van der Waals surface area contributed by atoms with Crippen molar-refractivity contribution in [3.05, 3.63) is 46.0 Å². The smallest absolute Gasteiger partial charge is 0.294 e. The van der Waals surface area contributed by atoms with Crippen LogP contribution in [0.15, 0.2) is 27.7 Å². The van der Waals surface area contributed by atoms with Crippen molar-refractivity contribution in [2.75, 3.05) is 13.6 Å². The zero-order valence-corrected chi connectivity index (χ0v) is 16.2. The Morgan fingerprint density at radius 3 is 2.67 bits per heavy atom. The minimum absolute atomic E-state index is 0.171. The van der Waals surface area contributed by atoms with E-state index in [1.54, 1.807) is 27.1 Å². The molecular formula is C20H24N4O3. The molecule has 1 aliphatic carbocycles. The molecule has 0 bridgehead atoms. The summed E-state index contributed by atoms with van der Waals surface area (Å²) in [5.74, 6) is 1.92. The van der Waals surface area contributed by atoms with Crippen molar-refractivity contribution < 1.29 is 9.21 Å². The summed E-state index contributed by atoms with van der Waals surface area (Å²) in [6.45, 7) is 6.94. The maximum atomic E-state index is 13.2. The Hall–Kier alpha value is -2.83. The second-order valence-corrected chi connectivity index (χ2v) is 7.38. The van der Waals surface area contributed by atoms with Gasteiger partial charge >= 0.3 is 0 Å². The van der Waals surface area contributed by atoms with Crippen molar-refractivity contribution in [1.29, 1.82) is 0 Å². The van der Waals surface area contributed by atoms with Crippen LogP contribution in [0.25, 0.3) is 16.9 Å². The summed E-state index contributed by atoms with van der Waals surface area (Å²) < 4.78 is 9.14. The number of aromatic nitrogens is 3. The Balaban J connectivity index is 1.92. The third-order valence-electron chi connectivity index (χ3n) is 5.22. The van der Waals surface area contributed by atoms with Gasteiger partial charge in [-0.25, -0.2) is 4.98 Å². The monoisotopic (exact) mass is 368 g/mol. The molecule has 3 aromatic heterocycles. The second kappa shape index (κ2) is 6.40. The number of carbonyl (C=O) groups is 1. The Morgan fingerprint density at radius 2 is 2.07 bits per heavy atom. The van der Waals surface area contributed by atoms with Gasteiger partial charge in [0.1, 0.15) is 17.2 Å². The van der Waals surface area contributed by atoms with Crippen LogP contribution in [0.2, 0.25) is 0 Å². The molecule has 1 aliphatic rings. The second-order valence-electron chi connectivity index (χ2n) is 7.38. The van der Waals surface area contributed by atoms with E-state index in [-0.39, 0.29) is 22.8 Å². The van der Waals surface area contributed by atoms with E-state index in [0.29, 0.717) is 19.0 Å². The molecule has 0 saturated heterocycles. The zero-order valence-electron chi connectivity index (χ0n) is 16.2. The highest BCUT2D eigenvalue weighted by Crippen LogP contribution is 2.33. The van der Waals surface area contributed by atoms with Crippen LogP contribution >= 0.6 is 0 Å². The first kappa shape index (κ1) is 17.6. The number of aryl methyl sites for hydroxylation is 2. The molecule has 1 saturated carbocycles. The minimum atomic E-state index is -0.189. The highest BCUT2D eigenvalue weighted by Gasteiger charge is 2.26. The number of nitrogens with zero attached hydrogens (tertiary/aromatic N) is 4.